The van der Waals surface area contributed by atoms with Crippen LogP contribution in [0.3, 0.4) is 0 Å². The monoisotopic (exact) mass is 270 g/mol. The summed E-state index contributed by atoms with van der Waals surface area (Å²) in [5.41, 5.74) is 2.29. The largest absolute Gasteiger partial charge is 0.478 e. The molecule has 0 heterocycles. The maximum atomic E-state index is 11.4. The minimum Gasteiger partial charge on any atom is -0.478 e. The molecule has 20 heavy (non-hydrogen) atoms. The summed E-state index contributed by atoms with van der Waals surface area (Å²) in [6, 6.07) is 14.0. The van der Waals surface area contributed by atoms with Gasteiger partial charge in [-0.3, -0.25) is 4.79 Å². The van der Waals surface area contributed by atoms with Gasteiger partial charge < -0.3 is 9.84 Å². The molecule has 0 amide bonds. The summed E-state index contributed by atoms with van der Waals surface area (Å²) >= 11 is 0. The standard InChI is InChI=1S/C16H14O4/c1-20-15(17)10-11-6-2-3-7-12(11)13-8-4-5-9-14(13)16(18)19/h2-9H,10H2,1H3,(H,18,19). The molecule has 0 saturated heterocycles. The van der Waals surface area contributed by atoms with Crippen LogP contribution in [0.4, 0.5) is 0 Å². The summed E-state index contributed by atoms with van der Waals surface area (Å²) in [5.74, 6) is -1.35. The van der Waals surface area contributed by atoms with Crippen molar-refractivity contribution in [1.82, 2.24) is 0 Å². The van der Waals surface area contributed by atoms with Gasteiger partial charge in [0.15, 0.2) is 0 Å². The summed E-state index contributed by atoms with van der Waals surface area (Å²) in [4.78, 5) is 22.7. The molecule has 1 N–H and O–H groups in total. The van der Waals surface area contributed by atoms with Crippen LogP contribution in [0.15, 0.2) is 48.5 Å². The second-order valence-electron chi connectivity index (χ2n) is 4.26. The van der Waals surface area contributed by atoms with E-state index in [0.717, 1.165) is 11.1 Å². The third kappa shape index (κ3) is 2.85. The maximum absolute atomic E-state index is 11.4. The smallest absolute Gasteiger partial charge is 0.336 e. The zero-order chi connectivity index (χ0) is 14.5. The molecule has 2 aromatic carbocycles. The molecule has 0 spiro atoms. The Morgan fingerprint density at radius 2 is 1.60 bits per heavy atom. The van der Waals surface area contributed by atoms with Gasteiger partial charge in [0.2, 0.25) is 0 Å². The van der Waals surface area contributed by atoms with E-state index in [0.29, 0.717) is 5.56 Å². The molecule has 2 rings (SSSR count). The van der Waals surface area contributed by atoms with Crippen LogP contribution in [0.5, 0.6) is 0 Å². The zero-order valence-corrected chi connectivity index (χ0v) is 11.0. The van der Waals surface area contributed by atoms with Gasteiger partial charge >= 0.3 is 11.9 Å². The summed E-state index contributed by atoms with van der Waals surface area (Å²) in [6.07, 6.45) is 0.112. The van der Waals surface area contributed by atoms with Gasteiger partial charge in [-0.1, -0.05) is 42.5 Å². The lowest BCUT2D eigenvalue weighted by Crippen LogP contribution is -2.07. The predicted octanol–water partition coefficient (Wildman–Crippen LogP) is 2.77. The predicted molar refractivity (Wildman–Crippen MR) is 74.6 cm³/mol. The van der Waals surface area contributed by atoms with Gasteiger partial charge in [-0.2, -0.15) is 0 Å². The Bertz CT molecular complexity index is 646. The quantitative estimate of drug-likeness (QED) is 0.868. The number of aromatic carboxylic acids is 1. The number of ether oxygens (including phenoxy) is 1. The topological polar surface area (TPSA) is 63.6 Å². The van der Waals surface area contributed by atoms with E-state index < -0.39 is 5.97 Å². The van der Waals surface area contributed by atoms with Crippen LogP contribution < -0.4 is 0 Å². The summed E-state index contributed by atoms with van der Waals surface area (Å²) in [5, 5.41) is 9.25. The van der Waals surface area contributed by atoms with Gasteiger partial charge in [-0.15, -0.1) is 0 Å². The Labute approximate surface area is 116 Å². The van der Waals surface area contributed by atoms with E-state index in [1.165, 1.54) is 7.11 Å². The molecule has 0 aromatic heterocycles. The maximum Gasteiger partial charge on any atom is 0.336 e. The molecule has 0 radical (unpaired) electrons. The average Bonchev–Trinajstić information content (AvgIpc) is 2.47. The molecule has 0 unspecified atom stereocenters. The lowest BCUT2D eigenvalue weighted by molar-refractivity contribution is -0.139. The van der Waals surface area contributed by atoms with Crippen molar-refractivity contribution in [3.8, 4) is 11.1 Å². The lowest BCUT2D eigenvalue weighted by atomic mass is 9.94. The molecule has 0 aliphatic rings. The molecule has 0 aliphatic carbocycles. The number of esters is 1. The van der Waals surface area contributed by atoms with E-state index >= 15 is 0 Å². The van der Waals surface area contributed by atoms with Crippen LogP contribution in [0.25, 0.3) is 11.1 Å². The normalized spacial score (nSPS) is 10.1. The van der Waals surface area contributed by atoms with Crippen LogP contribution in [0.2, 0.25) is 0 Å². The molecule has 0 aliphatic heterocycles. The second-order valence-corrected chi connectivity index (χ2v) is 4.26. The van der Waals surface area contributed by atoms with E-state index in [9.17, 15) is 14.7 Å². The first-order chi connectivity index (χ1) is 9.63. The van der Waals surface area contributed by atoms with Gasteiger partial charge in [0.1, 0.15) is 0 Å². The molecule has 4 nitrogen and oxygen atoms in total. The van der Waals surface area contributed by atoms with E-state index in [4.69, 9.17) is 0 Å². The number of carbonyl (C=O) groups excluding carboxylic acids is 1. The fourth-order valence-corrected chi connectivity index (χ4v) is 2.07. The van der Waals surface area contributed by atoms with Crippen molar-refractivity contribution in [1.29, 1.82) is 0 Å². The fourth-order valence-electron chi connectivity index (χ4n) is 2.07. The molecular formula is C16H14O4. The molecule has 0 bridgehead atoms. The number of carboxylic acid groups (broad SMARTS) is 1. The number of hydrogen-bond donors (Lipinski definition) is 1. The first-order valence-electron chi connectivity index (χ1n) is 6.11. The van der Waals surface area contributed by atoms with Gasteiger partial charge in [-0.05, 0) is 22.8 Å². The molecule has 4 heteroatoms. The fraction of sp³-hybridized carbons (Fsp3) is 0.125. The van der Waals surface area contributed by atoms with E-state index in [1.54, 1.807) is 36.4 Å². The highest BCUT2D eigenvalue weighted by atomic mass is 16.5. The van der Waals surface area contributed by atoms with Crippen molar-refractivity contribution in [3.05, 3.63) is 59.7 Å². The third-order valence-electron chi connectivity index (χ3n) is 3.03. The van der Waals surface area contributed by atoms with Crippen LogP contribution >= 0.6 is 0 Å². The molecule has 0 saturated carbocycles. The number of hydrogen-bond acceptors (Lipinski definition) is 3. The van der Waals surface area contributed by atoms with Crippen LogP contribution in [-0.4, -0.2) is 24.2 Å². The van der Waals surface area contributed by atoms with Crippen molar-refractivity contribution in [2.75, 3.05) is 7.11 Å². The zero-order valence-electron chi connectivity index (χ0n) is 11.0. The van der Waals surface area contributed by atoms with Gasteiger partial charge in [-0.25, -0.2) is 4.79 Å². The van der Waals surface area contributed by atoms with Crippen molar-refractivity contribution < 1.29 is 19.4 Å². The minimum atomic E-state index is -0.992. The number of carboxylic acids is 1. The first kappa shape index (κ1) is 13.8. The van der Waals surface area contributed by atoms with Gasteiger partial charge in [0, 0.05) is 0 Å². The van der Waals surface area contributed by atoms with Gasteiger partial charge in [0.25, 0.3) is 0 Å². The first-order valence-corrected chi connectivity index (χ1v) is 6.11. The number of rotatable bonds is 4. The molecule has 0 atom stereocenters. The minimum absolute atomic E-state index is 0.112. The van der Waals surface area contributed by atoms with E-state index in [1.807, 2.05) is 12.1 Å². The summed E-state index contributed by atoms with van der Waals surface area (Å²) in [6.45, 7) is 0. The second kappa shape index (κ2) is 6.02. The Kier molecular flexibility index (Phi) is 4.15. The SMILES string of the molecule is COC(=O)Cc1ccccc1-c1ccccc1C(=O)O. The summed E-state index contributed by atoms with van der Waals surface area (Å²) in [7, 11) is 1.33. The summed E-state index contributed by atoms with van der Waals surface area (Å²) < 4.78 is 4.67. The van der Waals surface area contributed by atoms with Gasteiger partial charge in [0.05, 0.1) is 19.1 Å². The Morgan fingerprint density at radius 1 is 1.00 bits per heavy atom. The highest BCUT2D eigenvalue weighted by Gasteiger charge is 2.15. The highest BCUT2D eigenvalue weighted by Crippen LogP contribution is 2.27. The van der Waals surface area contributed by atoms with Crippen molar-refractivity contribution in [2.24, 2.45) is 0 Å². The van der Waals surface area contributed by atoms with Crippen LogP contribution in [0, 0.1) is 0 Å². The van der Waals surface area contributed by atoms with Crippen LogP contribution in [0.1, 0.15) is 15.9 Å². The molecule has 2 aromatic rings. The molecular weight excluding hydrogens is 256 g/mol. The Hall–Kier alpha value is -2.62. The average molecular weight is 270 g/mol. The number of benzene rings is 2. The highest BCUT2D eigenvalue weighted by molar-refractivity contribution is 5.96. The van der Waals surface area contributed by atoms with E-state index in [2.05, 4.69) is 4.74 Å². The van der Waals surface area contributed by atoms with Crippen LogP contribution in [-0.2, 0) is 16.0 Å². The number of carbonyl (C=O) groups is 2. The third-order valence-corrected chi connectivity index (χ3v) is 3.03. The lowest BCUT2D eigenvalue weighted by Gasteiger charge is -2.11. The number of methoxy groups -OCH3 is 1. The van der Waals surface area contributed by atoms with Crippen molar-refractivity contribution in [3.63, 3.8) is 0 Å². The molecule has 0 fully saturated rings. The van der Waals surface area contributed by atoms with Crippen molar-refractivity contribution >= 4 is 11.9 Å². The van der Waals surface area contributed by atoms with E-state index in [-0.39, 0.29) is 18.0 Å². The molecule has 102 valence electrons. The Morgan fingerprint density at radius 3 is 2.25 bits per heavy atom. The Balaban J connectivity index is 2.53. The van der Waals surface area contributed by atoms with Crippen molar-refractivity contribution in [2.45, 2.75) is 6.42 Å².